The van der Waals surface area contributed by atoms with Crippen molar-refractivity contribution < 1.29 is 0 Å². The van der Waals surface area contributed by atoms with Crippen LogP contribution in [0.15, 0.2) is 30.3 Å². The molecule has 0 aliphatic carbocycles. The third kappa shape index (κ3) is 2.82. The van der Waals surface area contributed by atoms with Gasteiger partial charge in [-0.3, -0.25) is 0 Å². The van der Waals surface area contributed by atoms with Gasteiger partial charge in [-0.2, -0.15) is 0 Å². The molecule has 0 saturated carbocycles. The van der Waals surface area contributed by atoms with E-state index in [2.05, 4.69) is 56.4 Å². The van der Waals surface area contributed by atoms with Gasteiger partial charge in [0.1, 0.15) is 0 Å². The van der Waals surface area contributed by atoms with E-state index in [1.54, 1.807) is 0 Å². The maximum absolute atomic E-state index is 3.24. The Kier molecular flexibility index (Phi) is 4.20. The Morgan fingerprint density at radius 2 is 1.89 bits per heavy atom. The molecule has 2 rings (SSSR count). The Morgan fingerprint density at radius 1 is 1.11 bits per heavy atom. The maximum atomic E-state index is 3.24. The van der Waals surface area contributed by atoms with Crippen LogP contribution in [-0.2, 0) is 0 Å². The van der Waals surface area contributed by atoms with Gasteiger partial charge in [-0.1, -0.05) is 25.1 Å². The van der Waals surface area contributed by atoms with Crippen LogP contribution in [0.25, 0.3) is 10.4 Å². The van der Waals surface area contributed by atoms with E-state index in [9.17, 15) is 0 Å². The third-order valence-electron chi connectivity index (χ3n) is 3.41. The summed E-state index contributed by atoms with van der Waals surface area (Å²) in [6.45, 7) is 7.64. The van der Waals surface area contributed by atoms with Crippen molar-refractivity contribution >= 4 is 11.3 Å². The zero-order valence-corrected chi connectivity index (χ0v) is 12.4. The summed E-state index contributed by atoms with van der Waals surface area (Å²) in [6, 6.07) is 11.2. The minimum Gasteiger partial charge on any atom is -0.319 e. The Hall–Kier alpha value is -1.12. The first kappa shape index (κ1) is 13.3. The Bertz CT molecular complexity index is 528. The molecule has 0 saturated heterocycles. The molecule has 0 aliphatic rings. The first-order valence-corrected chi connectivity index (χ1v) is 7.25. The fraction of sp³-hybridized carbons (Fsp3) is 0.375. The Balaban J connectivity index is 2.26. The van der Waals surface area contributed by atoms with Crippen LogP contribution in [0.3, 0.4) is 0 Å². The zero-order valence-electron chi connectivity index (χ0n) is 11.6. The molecule has 1 aromatic heterocycles. The summed E-state index contributed by atoms with van der Waals surface area (Å²) >= 11 is 1.91. The largest absolute Gasteiger partial charge is 0.319 e. The van der Waals surface area contributed by atoms with Gasteiger partial charge in [-0.25, -0.2) is 0 Å². The van der Waals surface area contributed by atoms with Crippen LogP contribution in [-0.4, -0.2) is 13.6 Å². The van der Waals surface area contributed by atoms with Gasteiger partial charge in [0.2, 0.25) is 0 Å². The lowest BCUT2D eigenvalue weighted by atomic mass is 10.1. The topological polar surface area (TPSA) is 12.0 Å². The molecule has 2 aromatic rings. The van der Waals surface area contributed by atoms with E-state index < -0.39 is 0 Å². The molecule has 96 valence electrons. The van der Waals surface area contributed by atoms with Crippen LogP contribution in [0.2, 0.25) is 0 Å². The van der Waals surface area contributed by atoms with Gasteiger partial charge in [0.15, 0.2) is 0 Å². The van der Waals surface area contributed by atoms with E-state index in [1.165, 1.54) is 26.4 Å². The van der Waals surface area contributed by atoms with Crippen molar-refractivity contribution in [1.29, 1.82) is 0 Å². The third-order valence-corrected chi connectivity index (χ3v) is 4.78. The second-order valence-electron chi connectivity index (χ2n) is 4.96. The van der Waals surface area contributed by atoms with Crippen molar-refractivity contribution in [2.24, 2.45) is 0 Å². The van der Waals surface area contributed by atoms with Crippen molar-refractivity contribution in [3.8, 4) is 10.4 Å². The van der Waals surface area contributed by atoms with Crippen molar-refractivity contribution in [3.63, 3.8) is 0 Å². The van der Waals surface area contributed by atoms with Crippen LogP contribution < -0.4 is 5.32 Å². The molecule has 0 spiro atoms. The molecule has 18 heavy (non-hydrogen) atoms. The number of aryl methyl sites for hydroxylation is 2. The summed E-state index contributed by atoms with van der Waals surface area (Å²) in [5.74, 6) is 0.584. The molecule has 1 unspecified atom stereocenters. The van der Waals surface area contributed by atoms with E-state index in [0.717, 1.165) is 6.54 Å². The van der Waals surface area contributed by atoms with Crippen LogP contribution in [0.1, 0.15) is 28.8 Å². The summed E-state index contributed by atoms with van der Waals surface area (Å²) in [4.78, 5) is 2.83. The highest BCUT2D eigenvalue weighted by molar-refractivity contribution is 7.15. The van der Waals surface area contributed by atoms with Crippen LogP contribution in [0.5, 0.6) is 0 Å². The number of nitrogens with one attached hydrogen (secondary N) is 1. The molecule has 1 N–H and O–H groups in total. The molecular formula is C16H21NS. The Morgan fingerprint density at radius 3 is 2.56 bits per heavy atom. The summed E-state index contributed by atoms with van der Waals surface area (Å²) < 4.78 is 0. The molecule has 1 aromatic carbocycles. The Labute approximate surface area is 114 Å². The normalized spacial score (nSPS) is 12.7. The quantitative estimate of drug-likeness (QED) is 0.860. The van der Waals surface area contributed by atoms with Gasteiger partial charge in [-0.05, 0) is 49.7 Å². The number of rotatable bonds is 4. The number of likely N-dealkylation sites (N-methyl/N-ethyl adjacent to an activating group) is 1. The number of thiophene rings is 1. The molecule has 1 heterocycles. The van der Waals surface area contributed by atoms with Crippen molar-refractivity contribution in [3.05, 3.63) is 46.3 Å². The van der Waals surface area contributed by atoms with Gasteiger partial charge in [0.05, 0.1) is 0 Å². The summed E-state index contributed by atoms with van der Waals surface area (Å²) in [5, 5.41) is 3.24. The van der Waals surface area contributed by atoms with Gasteiger partial charge >= 0.3 is 0 Å². The highest BCUT2D eigenvalue weighted by Gasteiger charge is 2.09. The number of benzene rings is 1. The van der Waals surface area contributed by atoms with Crippen LogP contribution in [0, 0.1) is 13.8 Å². The fourth-order valence-electron chi connectivity index (χ4n) is 2.07. The van der Waals surface area contributed by atoms with Gasteiger partial charge in [0, 0.05) is 22.2 Å². The van der Waals surface area contributed by atoms with Crippen molar-refractivity contribution in [1.82, 2.24) is 5.32 Å². The molecule has 2 heteroatoms. The van der Waals surface area contributed by atoms with Gasteiger partial charge in [0.25, 0.3) is 0 Å². The minimum absolute atomic E-state index is 0.584. The number of hydrogen-bond acceptors (Lipinski definition) is 2. The first-order chi connectivity index (χ1) is 8.61. The van der Waals surface area contributed by atoms with Gasteiger partial charge < -0.3 is 5.32 Å². The molecule has 1 atom stereocenters. The van der Waals surface area contributed by atoms with Crippen LogP contribution >= 0.6 is 11.3 Å². The fourth-order valence-corrected chi connectivity index (χ4v) is 3.13. The van der Waals surface area contributed by atoms with E-state index in [4.69, 9.17) is 0 Å². The predicted molar refractivity (Wildman–Crippen MR) is 81.6 cm³/mol. The average Bonchev–Trinajstić information content (AvgIpc) is 2.82. The maximum Gasteiger partial charge on any atom is 0.0345 e. The summed E-state index contributed by atoms with van der Waals surface area (Å²) in [7, 11) is 2.01. The zero-order chi connectivity index (χ0) is 13.1. The first-order valence-electron chi connectivity index (χ1n) is 6.43. The van der Waals surface area contributed by atoms with Gasteiger partial charge in [-0.15, -0.1) is 11.3 Å². The lowest BCUT2D eigenvalue weighted by Gasteiger charge is -2.07. The van der Waals surface area contributed by atoms with E-state index >= 15 is 0 Å². The van der Waals surface area contributed by atoms with E-state index in [0.29, 0.717) is 5.92 Å². The van der Waals surface area contributed by atoms with Crippen molar-refractivity contribution in [2.75, 3.05) is 13.6 Å². The van der Waals surface area contributed by atoms with Crippen molar-refractivity contribution in [2.45, 2.75) is 26.7 Å². The molecule has 0 bridgehead atoms. The second kappa shape index (κ2) is 5.68. The second-order valence-corrected chi connectivity index (χ2v) is 6.08. The number of hydrogen-bond donors (Lipinski definition) is 1. The lowest BCUT2D eigenvalue weighted by molar-refractivity contribution is 0.687. The monoisotopic (exact) mass is 259 g/mol. The molecule has 0 radical (unpaired) electrons. The SMILES string of the molecule is CNCC(C)c1ccc(-c2ccc(C)c(C)c2)s1. The summed E-state index contributed by atoms with van der Waals surface area (Å²) in [6.07, 6.45) is 0. The predicted octanol–water partition coefficient (Wildman–Crippen LogP) is 4.35. The molecular weight excluding hydrogens is 238 g/mol. The summed E-state index contributed by atoms with van der Waals surface area (Å²) in [5.41, 5.74) is 4.07. The smallest absolute Gasteiger partial charge is 0.0345 e. The lowest BCUT2D eigenvalue weighted by Crippen LogP contribution is -2.13. The molecule has 1 nitrogen and oxygen atoms in total. The van der Waals surface area contributed by atoms with E-state index in [-0.39, 0.29) is 0 Å². The highest BCUT2D eigenvalue weighted by atomic mass is 32.1. The highest BCUT2D eigenvalue weighted by Crippen LogP contribution is 2.32. The minimum atomic E-state index is 0.584. The van der Waals surface area contributed by atoms with E-state index in [1.807, 2.05) is 18.4 Å². The van der Waals surface area contributed by atoms with Crippen LogP contribution in [0.4, 0.5) is 0 Å². The standard InChI is InChI=1S/C16H21NS/c1-11-5-6-14(9-12(11)2)16-8-7-15(18-16)13(3)10-17-4/h5-9,13,17H,10H2,1-4H3. The average molecular weight is 259 g/mol. The molecule has 0 amide bonds. The molecule has 0 fully saturated rings. The molecule has 0 aliphatic heterocycles.